The van der Waals surface area contributed by atoms with Gasteiger partial charge in [-0.2, -0.15) is 0 Å². The van der Waals surface area contributed by atoms with E-state index in [0.717, 1.165) is 24.8 Å². The van der Waals surface area contributed by atoms with E-state index in [2.05, 4.69) is 22.8 Å². The smallest absolute Gasteiger partial charge is 0.321 e. The predicted octanol–water partition coefficient (Wildman–Crippen LogP) is 2.85. The number of nitrogens with one attached hydrogen (secondary N) is 2. The van der Waals surface area contributed by atoms with Crippen molar-refractivity contribution in [1.29, 1.82) is 0 Å². The monoisotopic (exact) mass is 380 g/mol. The van der Waals surface area contributed by atoms with Gasteiger partial charge in [-0.3, -0.25) is 14.9 Å². The summed E-state index contributed by atoms with van der Waals surface area (Å²) in [5, 5.41) is 4.49. The van der Waals surface area contributed by atoms with Gasteiger partial charge in [0.25, 0.3) is 5.91 Å². The average Bonchev–Trinajstić information content (AvgIpc) is 2.72. The van der Waals surface area contributed by atoms with Gasteiger partial charge >= 0.3 is 12.0 Å². The van der Waals surface area contributed by atoms with Gasteiger partial charge in [-0.15, -0.1) is 0 Å². The van der Waals surface area contributed by atoms with Gasteiger partial charge in [0.2, 0.25) is 6.10 Å². The molecule has 1 atom stereocenters. The van der Waals surface area contributed by atoms with Crippen LogP contribution in [-0.4, -0.2) is 25.0 Å². The molecular weight excluding hydrogens is 356 g/mol. The van der Waals surface area contributed by atoms with E-state index < -0.39 is 24.0 Å². The van der Waals surface area contributed by atoms with Crippen LogP contribution in [0.25, 0.3) is 0 Å². The van der Waals surface area contributed by atoms with Crippen LogP contribution < -0.4 is 10.6 Å². The topological polar surface area (TPSA) is 84.5 Å². The van der Waals surface area contributed by atoms with Gasteiger partial charge in [-0.25, -0.2) is 4.79 Å². The summed E-state index contributed by atoms with van der Waals surface area (Å²) in [5.41, 5.74) is 4.00. The van der Waals surface area contributed by atoms with E-state index >= 15 is 0 Å². The van der Waals surface area contributed by atoms with Crippen LogP contribution in [-0.2, 0) is 33.6 Å². The minimum atomic E-state index is -1.19. The van der Waals surface area contributed by atoms with Crippen molar-refractivity contribution in [3.8, 4) is 0 Å². The SMILES string of the molecule is CNC(=O)NC(=O)[C@H](OC(=O)Cc1ccc2c(c1)CCCC2)c1ccccc1. The summed E-state index contributed by atoms with van der Waals surface area (Å²) in [6.45, 7) is 0. The quantitative estimate of drug-likeness (QED) is 0.781. The second-order valence-electron chi connectivity index (χ2n) is 6.84. The fraction of sp³-hybridized carbons (Fsp3) is 0.318. The summed E-state index contributed by atoms with van der Waals surface area (Å²) in [6, 6.07) is 14.1. The van der Waals surface area contributed by atoms with Crippen molar-refractivity contribution >= 4 is 17.9 Å². The van der Waals surface area contributed by atoms with E-state index in [1.807, 2.05) is 6.07 Å². The van der Waals surface area contributed by atoms with Crippen LogP contribution in [0.4, 0.5) is 4.79 Å². The number of carbonyl (C=O) groups excluding carboxylic acids is 3. The van der Waals surface area contributed by atoms with Gasteiger partial charge in [0.05, 0.1) is 6.42 Å². The largest absolute Gasteiger partial charge is 0.447 e. The number of urea groups is 1. The molecule has 6 nitrogen and oxygen atoms in total. The molecule has 28 heavy (non-hydrogen) atoms. The highest BCUT2D eigenvalue weighted by Gasteiger charge is 2.26. The lowest BCUT2D eigenvalue weighted by Gasteiger charge is -2.19. The van der Waals surface area contributed by atoms with E-state index in [9.17, 15) is 14.4 Å². The van der Waals surface area contributed by atoms with Gasteiger partial charge in [0.1, 0.15) is 0 Å². The first-order valence-electron chi connectivity index (χ1n) is 9.44. The Kier molecular flexibility index (Phi) is 6.42. The van der Waals surface area contributed by atoms with E-state index in [1.54, 1.807) is 30.3 Å². The molecule has 3 rings (SSSR count). The molecule has 3 amide bonds. The summed E-state index contributed by atoms with van der Waals surface area (Å²) >= 11 is 0. The molecular formula is C22H24N2O4. The number of hydrogen-bond acceptors (Lipinski definition) is 4. The molecule has 0 aromatic heterocycles. The zero-order chi connectivity index (χ0) is 19.9. The predicted molar refractivity (Wildman–Crippen MR) is 105 cm³/mol. The van der Waals surface area contributed by atoms with Crippen LogP contribution in [0.2, 0.25) is 0 Å². The van der Waals surface area contributed by atoms with Crippen LogP contribution in [0.15, 0.2) is 48.5 Å². The Morgan fingerprint density at radius 1 is 1.00 bits per heavy atom. The van der Waals surface area contributed by atoms with E-state index in [1.165, 1.54) is 24.6 Å². The van der Waals surface area contributed by atoms with Crippen molar-refractivity contribution in [3.05, 3.63) is 70.8 Å². The Morgan fingerprint density at radius 3 is 2.43 bits per heavy atom. The first kappa shape index (κ1) is 19.6. The molecule has 0 saturated carbocycles. The number of amides is 3. The molecule has 0 unspecified atom stereocenters. The Labute approximate surface area is 164 Å². The zero-order valence-electron chi connectivity index (χ0n) is 15.9. The summed E-state index contributed by atoms with van der Waals surface area (Å²) in [7, 11) is 1.40. The third kappa shape index (κ3) is 4.97. The van der Waals surface area contributed by atoms with Crippen molar-refractivity contribution < 1.29 is 19.1 Å². The van der Waals surface area contributed by atoms with Crippen molar-refractivity contribution in [1.82, 2.24) is 10.6 Å². The summed E-state index contributed by atoms with van der Waals surface area (Å²) in [6.07, 6.45) is 3.35. The van der Waals surface area contributed by atoms with Crippen molar-refractivity contribution in [3.63, 3.8) is 0 Å². The standard InChI is InChI=1S/C22H24N2O4/c1-23-22(27)24-21(26)20(17-8-3-2-4-9-17)28-19(25)14-15-11-12-16-7-5-6-10-18(16)13-15/h2-4,8-9,11-13,20H,5-7,10,14H2,1H3,(H2,23,24,26,27)/t20-/m1/s1. The molecule has 146 valence electrons. The normalized spacial score (nSPS) is 13.8. The molecule has 2 N–H and O–H groups in total. The number of aryl methyl sites for hydroxylation is 2. The highest BCUT2D eigenvalue weighted by Crippen LogP contribution is 2.23. The van der Waals surface area contributed by atoms with E-state index in [-0.39, 0.29) is 6.42 Å². The molecule has 0 spiro atoms. The lowest BCUT2D eigenvalue weighted by Crippen LogP contribution is -2.41. The van der Waals surface area contributed by atoms with Crippen LogP contribution in [0.5, 0.6) is 0 Å². The lowest BCUT2D eigenvalue weighted by molar-refractivity contribution is -0.155. The van der Waals surface area contributed by atoms with Gasteiger partial charge < -0.3 is 10.1 Å². The second kappa shape index (κ2) is 9.17. The molecule has 0 saturated heterocycles. The highest BCUT2D eigenvalue weighted by atomic mass is 16.5. The first-order chi connectivity index (χ1) is 13.6. The van der Waals surface area contributed by atoms with Crippen molar-refractivity contribution in [2.24, 2.45) is 0 Å². The number of fused-ring (bicyclic) bond motifs is 1. The number of carbonyl (C=O) groups is 3. The lowest BCUT2D eigenvalue weighted by atomic mass is 9.90. The number of rotatable bonds is 5. The summed E-state index contributed by atoms with van der Waals surface area (Å²) < 4.78 is 5.46. The van der Waals surface area contributed by atoms with Gasteiger partial charge in [-0.1, -0.05) is 48.5 Å². The average molecular weight is 380 g/mol. The maximum atomic E-state index is 12.5. The number of imide groups is 1. The van der Waals surface area contributed by atoms with Crippen LogP contribution in [0.1, 0.15) is 41.2 Å². The Hall–Kier alpha value is -3.15. The molecule has 2 aromatic rings. The van der Waals surface area contributed by atoms with Gasteiger partial charge in [0.15, 0.2) is 0 Å². The third-order valence-corrected chi connectivity index (χ3v) is 4.81. The Morgan fingerprint density at radius 2 is 1.71 bits per heavy atom. The number of hydrogen-bond donors (Lipinski definition) is 2. The Balaban J connectivity index is 1.72. The van der Waals surface area contributed by atoms with E-state index in [4.69, 9.17) is 4.74 Å². The van der Waals surface area contributed by atoms with Crippen LogP contribution in [0, 0.1) is 0 Å². The Bertz CT molecular complexity index is 864. The molecule has 0 radical (unpaired) electrons. The van der Waals surface area contributed by atoms with Gasteiger partial charge in [-0.05, 0) is 42.4 Å². The number of ether oxygens (including phenoxy) is 1. The fourth-order valence-electron chi connectivity index (χ4n) is 3.38. The van der Waals surface area contributed by atoms with Crippen molar-refractivity contribution in [2.45, 2.75) is 38.2 Å². The molecule has 1 aliphatic rings. The molecule has 0 heterocycles. The van der Waals surface area contributed by atoms with Crippen LogP contribution >= 0.6 is 0 Å². The second-order valence-corrected chi connectivity index (χ2v) is 6.84. The number of benzene rings is 2. The molecule has 1 aliphatic carbocycles. The molecule has 6 heteroatoms. The van der Waals surface area contributed by atoms with E-state index in [0.29, 0.717) is 5.56 Å². The number of esters is 1. The molecule has 0 aliphatic heterocycles. The zero-order valence-corrected chi connectivity index (χ0v) is 15.9. The summed E-state index contributed by atoms with van der Waals surface area (Å²) in [4.78, 5) is 36.5. The third-order valence-electron chi connectivity index (χ3n) is 4.81. The van der Waals surface area contributed by atoms with Crippen molar-refractivity contribution in [2.75, 3.05) is 7.05 Å². The fourth-order valence-corrected chi connectivity index (χ4v) is 3.38. The van der Waals surface area contributed by atoms with Crippen LogP contribution in [0.3, 0.4) is 0 Å². The highest BCUT2D eigenvalue weighted by molar-refractivity contribution is 5.97. The maximum absolute atomic E-state index is 12.5. The minimum absolute atomic E-state index is 0.0733. The minimum Gasteiger partial charge on any atom is -0.447 e. The summed E-state index contributed by atoms with van der Waals surface area (Å²) in [5.74, 6) is -1.21. The first-order valence-corrected chi connectivity index (χ1v) is 9.44. The maximum Gasteiger partial charge on any atom is 0.321 e. The molecule has 2 aromatic carbocycles. The molecule has 0 bridgehead atoms. The van der Waals surface area contributed by atoms with Gasteiger partial charge in [0, 0.05) is 12.6 Å². The molecule has 0 fully saturated rings.